The third-order valence-electron chi connectivity index (χ3n) is 3.63. The molecule has 3 rings (SSSR count). The average Bonchev–Trinajstić information content (AvgIpc) is 3.02. The van der Waals surface area contributed by atoms with Crippen LogP contribution in [0.25, 0.3) is 5.69 Å². The molecule has 0 saturated heterocycles. The molecule has 0 aliphatic rings. The molecule has 0 fully saturated rings. The van der Waals surface area contributed by atoms with Crippen LogP contribution in [0.3, 0.4) is 0 Å². The van der Waals surface area contributed by atoms with Gasteiger partial charge in [-0.1, -0.05) is 47.1 Å². The van der Waals surface area contributed by atoms with E-state index in [1.807, 2.05) is 0 Å². The maximum atomic E-state index is 13.1. The average molecular weight is 425 g/mol. The lowest BCUT2D eigenvalue weighted by molar-refractivity contribution is -0.119. The number of halogens is 3. The number of carbonyl (C=O) groups is 1. The first kappa shape index (κ1) is 19.7. The summed E-state index contributed by atoms with van der Waals surface area (Å²) in [5.41, 5.74) is 1.61. The van der Waals surface area contributed by atoms with E-state index in [0.29, 0.717) is 32.5 Å². The highest BCUT2D eigenvalue weighted by Crippen LogP contribution is 2.30. The summed E-state index contributed by atoms with van der Waals surface area (Å²) in [5, 5.41) is 12.7. The van der Waals surface area contributed by atoms with Crippen LogP contribution in [0.15, 0.2) is 47.6 Å². The van der Waals surface area contributed by atoms with Crippen molar-refractivity contribution in [1.29, 1.82) is 0 Å². The van der Waals surface area contributed by atoms with E-state index < -0.39 is 0 Å². The number of thioether (sulfide) groups is 1. The second kappa shape index (κ2) is 8.73. The smallest absolute Gasteiger partial charge is 0.217 e. The zero-order valence-electron chi connectivity index (χ0n) is 14.2. The van der Waals surface area contributed by atoms with Gasteiger partial charge >= 0.3 is 0 Å². The second-order valence-corrected chi connectivity index (χ2v) is 7.44. The molecule has 1 heterocycles. The molecule has 0 unspecified atom stereocenters. The van der Waals surface area contributed by atoms with E-state index in [2.05, 4.69) is 15.5 Å². The molecule has 0 bridgehead atoms. The van der Waals surface area contributed by atoms with Crippen molar-refractivity contribution in [2.75, 3.05) is 0 Å². The normalized spacial score (nSPS) is 10.8. The van der Waals surface area contributed by atoms with E-state index in [0.717, 1.165) is 5.56 Å². The predicted molar refractivity (Wildman–Crippen MR) is 105 cm³/mol. The summed E-state index contributed by atoms with van der Waals surface area (Å²) >= 11 is 13.8. The molecule has 1 N–H and O–H groups in total. The zero-order chi connectivity index (χ0) is 19.4. The first-order valence-corrected chi connectivity index (χ1v) is 9.69. The van der Waals surface area contributed by atoms with Crippen molar-refractivity contribution < 1.29 is 9.18 Å². The van der Waals surface area contributed by atoms with Gasteiger partial charge in [0, 0.05) is 17.7 Å². The fourth-order valence-electron chi connectivity index (χ4n) is 2.34. The predicted octanol–water partition coefficient (Wildman–Crippen LogP) is 4.64. The van der Waals surface area contributed by atoms with Crippen molar-refractivity contribution in [1.82, 2.24) is 20.1 Å². The first-order valence-electron chi connectivity index (χ1n) is 7.95. The van der Waals surface area contributed by atoms with E-state index >= 15 is 0 Å². The van der Waals surface area contributed by atoms with Crippen LogP contribution in [-0.2, 0) is 17.1 Å². The highest BCUT2D eigenvalue weighted by atomic mass is 35.5. The van der Waals surface area contributed by atoms with Crippen molar-refractivity contribution in [3.8, 4) is 5.69 Å². The Labute approximate surface area is 169 Å². The Morgan fingerprint density at radius 2 is 1.93 bits per heavy atom. The number of aromatic nitrogens is 3. The van der Waals surface area contributed by atoms with Gasteiger partial charge in [-0.25, -0.2) is 4.39 Å². The molecule has 3 aromatic rings. The Hall–Kier alpha value is -2.09. The molecule has 0 saturated carbocycles. The molecule has 2 aromatic carbocycles. The Bertz CT molecular complexity index is 962. The van der Waals surface area contributed by atoms with E-state index in [4.69, 9.17) is 23.2 Å². The maximum absolute atomic E-state index is 13.1. The number of hydrogen-bond donors (Lipinski definition) is 1. The number of hydrogen-bond acceptors (Lipinski definition) is 4. The summed E-state index contributed by atoms with van der Waals surface area (Å²) in [5.74, 6) is 0.657. The van der Waals surface area contributed by atoms with Gasteiger partial charge in [-0.15, -0.1) is 10.2 Å². The molecule has 140 valence electrons. The molecule has 5 nitrogen and oxygen atoms in total. The van der Waals surface area contributed by atoms with Crippen LogP contribution in [0, 0.1) is 5.82 Å². The summed E-state index contributed by atoms with van der Waals surface area (Å²) in [6.07, 6.45) is 0. The van der Waals surface area contributed by atoms with Gasteiger partial charge < -0.3 is 5.32 Å². The SMILES string of the molecule is CC(=O)NCc1nnc(SCc2ccc(F)cc2)n1-c1ccc(Cl)cc1Cl. The second-order valence-electron chi connectivity index (χ2n) is 5.65. The summed E-state index contributed by atoms with van der Waals surface area (Å²) in [6, 6.07) is 11.4. The zero-order valence-corrected chi connectivity index (χ0v) is 16.6. The third kappa shape index (κ3) is 5.00. The van der Waals surface area contributed by atoms with Gasteiger partial charge in [0.25, 0.3) is 0 Å². The minimum atomic E-state index is -0.280. The molecule has 0 aliphatic carbocycles. The molecule has 1 aromatic heterocycles. The van der Waals surface area contributed by atoms with E-state index in [9.17, 15) is 9.18 Å². The molecule has 0 atom stereocenters. The summed E-state index contributed by atoms with van der Waals surface area (Å²) in [6.45, 7) is 1.64. The summed E-state index contributed by atoms with van der Waals surface area (Å²) < 4.78 is 14.9. The molecule has 0 radical (unpaired) electrons. The van der Waals surface area contributed by atoms with Gasteiger partial charge in [-0.2, -0.15) is 0 Å². The molecular formula is C18H15Cl2FN4OS. The highest BCUT2D eigenvalue weighted by Gasteiger charge is 2.17. The van der Waals surface area contributed by atoms with Crippen molar-refractivity contribution in [2.24, 2.45) is 0 Å². The highest BCUT2D eigenvalue weighted by molar-refractivity contribution is 7.98. The Kier molecular flexibility index (Phi) is 6.36. The molecular weight excluding hydrogens is 410 g/mol. The van der Waals surface area contributed by atoms with Crippen molar-refractivity contribution in [3.05, 3.63) is 69.7 Å². The van der Waals surface area contributed by atoms with E-state index in [-0.39, 0.29) is 18.3 Å². The summed E-state index contributed by atoms with van der Waals surface area (Å²) in [4.78, 5) is 11.3. The molecule has 0 spiro atoms. The number of nitrogens with one attached hydrogen (secondary N) is 1. The fourth-order valence-corrected chi connectivity index (χ4v) is 3.76. The Morgan fingerprint density at radius 1 is 1.19 bits per heavy atom. The molecule has 27 heavy (non-hydrogen) atoms. The van der Waals surface area contributed by atoms with Gasteiger partial charge in [0.05, 0.1) is 17.3 Å². The van der Waals surface area contributed by atoms with Gasteiger partial charge in [0.2, 0.25) is 5.91 Å². The lowest BCUT2D eigenvalue weighted by Crippen LogP contribution is -2.21. The topological polar surface area (TPSA) is 59.8 Å². The molecule has 0 aliphatic heterocycles. The Balaban J connectivity index is 1.92. The van der Waals surface area contributed by atoms with E-state index in [1.54, 1.807) is 34.9 Å². The van der Waals surface area contributed by atoms with Crippen LogP contribution < -0.4 is 5.32 Å². The van der Waals surface area contributed by atoms with Gasteiger partial charge in [0.15, 0.2) is 11.0 Å². The third-order valence-corrected chi connectivity index (χ3v) is 5.17. The largest absolute Gasteiger partial charge is 0.349 e. The maximum Gasteiger partial charge on any atom is 0.217 e. The number of carbonyl (C=O) groups excluding carboxylic acids is 1. The van der Waals surface area contributed by atoms with Crippen LogP contribution in [0.2, 0.25) is 10.0 Å². The van der Waals surface area contributed by atoms with Crippen LogP contribution in [0.5, 0.6) is 0 Å². The van der Waals surface area contributed by atoms with Crippen molar-refractivity contribution in [3.63, 3.8) is 0 Å². The number of nitrogens with zero attached hydrogens (tertiary/aromatic N) is 3. The van der Waals surface area contributed by atoms with Crippen LogP contribution in [0.4, 0.5) is 4.39 Å². The van der Waals surface area contributed by atoms with Crippen molar-refractivity contribution >= 4 is 40.9 Å². The number of amides is 1. The molecule has 9 heteroatoms. The summed E-state index contributed by atoms with van der Waals surface area (Å²) in [7, 11) is 0. The Morgan fingerprint density at radius 3 is 2.59 bits per heavy atom. The van der Waals surface area contributed by atoms with E-state index in [1.165, 1.54) is 30.8 Å². The fraction of sp³-hybridized carbons (Fsp3) is 0.167. The van der Waals surface area contributed by atoms with Gasteiger partial charge in [-0.05, 0) is 35.9 Å². The lowest BCUT2D eigenvalue weighted by Gasteiger charge is -2.12. The minimum Gasteiger partial charge on any atom is -0.349 e. The van der Waals surface area contributed by atoms with Crippen LogP contribution in [0.1, 0.15) is 18.3 Å². The van der Waals surface area contributed by atoms with Crippen LogP contribution in [-0.4, -0.2) is 20.7 Å². The lowest BCUT2D eigenvalue weighted by atomic mass is 10.2. The van der Waals surface area contributed by atoms with Gasteiger partial charge in [0.1, 0.15) is 5.82 Å². The number of rotatable bonds is 6. The van der Waals surface area contributed by atoms with Gasteiger partial charge in [-0.3, -0.25) is 9.36 Å². The monoisotopic (exact) mass is 424 g/mol. The van der Waals surface area contributed by atoms with Crippen molar-refractivity contribution in [2.45, 2.75) is 24.4 Å². The first-order chi connectivity index (χ1) is 12.9. The molecule has 1 amide bonds. The standard InChI is InChI=1S/C18H15Cl2FN4OS/c1-11(26)22-9-17-23-24-18(27-10-12-2-5-14(21)6-3-12)25(17)16-7-4-13(19)8-15(16)20/h2-8H,9-10H2,1H3,(H,22,26). The van der Waals surface area contributed by atoms with Crippen LogP contribution >= 0.6 is 35.0 Å². The quantitative estimate of drug-likeness (QED) is 0.585. The minimum absolute atomic E-state index is 0.174. The number of benzene rings is 2.